The maximum absolute atomic E-state index is 12.2. The van der Waals surface area contributed by atoms with Crippen molar-refractivity contribution in [1.82, 2.24) is 15.2 Å². The van der Waals surface area contributed by atoms with Gasteiger partial charge in [-0.05, 0) is 30.7 Å². The number of para-hydroxylation sites is 1. The maximum Gasteiger partial charge on any atom is 0.319 e. The number of carbonyl (C=O) groups excluding carboxylic acids is 2. The second-order valence-corrected chi connectivity index (χ2v) is 6.07. The fourth-order valence-corrected chi connectivity index (χ4v) is 2.21. The van der Waals surface area contributed by atoms with Gasteiger partial charge in [0.15, 0.2) is 0 Å². The number of aromatic nitrogens is 1. The first kappa shape index (κ1) is 19.2. The highest BCUT2D eigenvalue weighted by molar-refractivity contribution is 5.91. The summed E-state index contributed by atoms with van der Waals surface area (Å²) in [7, 11) is 3.41. The number of ether oxygens (including phenoxy) is 1. The fraction of sp³-hybridized carbons (Fsp3) is 0.316. The van der Waals surface area contributed by atoms with E-state index in [-0.39, 0.29) is 24.5 Å². The number of anilines is 1. The van der Waals surface area contributed by atoms with Gasteiger partial charge in [0, 0.05) is 26.0 Å². The van der Waals surface area contributed by atoms with E-state index in [2.05, 4.69) is 15.6 Å². The normalized spacial score (nSPS) is 11.3. The van der Waals surface area contributed by atoms with Crippen molar-refractivity contribution in [1.29, 1.82) is 0 Å². The van der Waals surface area contributed by atoms with Crippen molar-refractivity contribution < 1.29 is 14.3 Å². The number of hydrogen-bond donors (Lipinski definition) is 2. The molecule has 7 heteroatoms. The van der Waals surface area contributed by atoms with E-state index in [1.165, 1.54) is 4.90 Å². The highest BCUT2D eigenvalue weighted by Gasteiger charge is 2.12. The number of nitrogens with zero attached hydrogens (tertiary/aromatic N) is 2. The number of pyridine rings is 1. The van der Waals surface area contributed by atoms with E-state index in [4.69, 9.17) is 4.74 Å². The summed E-state index contributed by atoms with van der Waals surface area (Å²) in [5.41, 5.74) is 1.38. The Hall–Kier alpha value is -3.09. The Kier molecular flexibility index (Phi) is 6.96. The molecule has 1 atom stereocenters. The van der Waals surface area contributed by atoms with Crippen LogP contribution in [0.4, 0.5) is 10.5 Å². The number of amides is 3. The second-order valence-electron chi connectivity index (χ2n) is 6.07. The smallest absolute Gasteiger partial charge is 0.319 e. The molecule has 26 heavy (non-hydrogen) atoms. The third-order valence-electron chi connectivity index (χ3n) is 3.63. The van der Waals surface area contributed by atoms with E-state index >= 15 is 0 Å². The summed E-state index contributed by atoms with van der Waals surface area (Å²) in [6, 6.07) is 10.5. The zero-order chi connectivity index (χ0) is 18.9. The van der Waals surface area contributed by atoms with Crippen molar-refractivity contribution in [2.45, 2.75) is 19.4 Å². The zero-order valence-corrected chi connectivity index (χ0v) is 15.2. The van der Waals surface area contributed by atoms with Crippen molar-refractivity contribution >= 4 is 17.6 Å². The molecule has 1 aromatic carbocycles. The molecule has 0 bridgehead atoms. The van der Waals surface area contributed by atoms with Gasteiger partial charge in [0.05, 0.1) is 19.2 Å². The Labute approximate surface area is 153 Å². The predicted molar refractivity (Wildman–Crippen MR) is 100 cm³/mol. The monoisotopic (exact) mass is 356 g/mol. The molecular formula is C19H24N4O3. The minimum Gasteiger partial charge on any atom is -0.487 e. The highest BCUT2D eigenvalue weighted by atomic mass is 16.5. The molecule has 0 saturated carbocycles. The Balaban J connectivity index is 1.86. The number of likely N-dealkylation sites (N-methyl/N-ethyl adjacent to an activating group) is 1. The Morgan fingerprint density at radius 1 is 1.19 bits per heavy atom. The summed E-state index contributed by atoms with van der Waals surface area (Å²) in [5, 5.41) is 5.55. The molecule has 1 heterocycles. The molecular weight excluding hydrogens is 332 g/mol. The van der Waals surface area contributed by atoms with Crippen LogP contribution in [0.15, 0.2) is 48.8 Å². The molecule has 0 unspecified atom stereocenters. The van der Waals surface area contributed by atoms with E-state index in [1.807, 2.05) is 31.2 Å². The van der Waals surface area contributed by atoms with E-state index < -0.39 is 0 Å². The summed E-state index contributed by atoms with van der Waals surface area (Å²) >= 11 is 0. The van der Waals surface area contributed by atoms with Crippen LogP contribution in [0, 0.1) is 0 Å². The lowest BCUT2D eigenvalue weighted by Crippen LogP contribution is -2.36. The van der Waals surface area contributed by atoms with Crippen LogP contribution in [0.1, 0.15) is 12.5 Å². The summed E-state index contributed by atoms with van der Waals surface area (Å²) in [6.45, 7) is 2.19. The lowest BCUT2D eigenvalue weighted by atomic mass is 10.1. The van der Waals surface area contributed by atoms with Crippen molar-refractivity contribution in [2.24, 2.45) is 0 Å². The number of carbonyl (C=O) groups is 2. The van der Waals surface area contributed by atoms with Crippen LogP contribution in [-0.2, 0) is 11.2 Å². The van der Waals surface area contributed by atoms with Crippen molar-refractivity contribution in [3.05, 3.63) is 54.4 Å². The van der Waals surface area contributed by atoms with Gasteiger partial charge >= 0.3 is 6.03 Å². The van der Waals surface area contributed by atoms with E-state index in [1.54, 1.807) is 38.6 Å². The molecule has 3 amide bonds. The number of rotatable bonds is 7. The van der Waals surface area contributed by atoms with Gasteiger partial charge in [-0.15, -0.1) is 0 Å². The first-order chi connectivity index (χ1) is 12.5. The molecule has 0 saturated heterocycles. The Morgan fingerprint density at radius 3 is 2.65 bits per heavy atom. The van der Waals surface area contributed by atoms with Gasteiger partial charge in [0.25, 0.3) is 0 Å². The Bertz CT molecular complexity index is 735. The molecule has 0 aliphatic carbocycles. The summed E-state index contributed by atoms with van der Waals surface area (Å²) < 4.78 is 5.66. The minimum absolute atomic E-state index is 0.0295. The van der Waals surface area contributed by atoms with Gasteiger partial charge in [-0.1, -0.05) is 18.2 Å². The molecule has 0 radical (unpaired) electrons. The number of nitrogens with one attached hydrogen (secondary N) is 2. The van der Waals surface area contributed by atoms with E-state index in [9.17, 15) is 9.59 Å². The van der Waals surface area contributed by atoms with Crippen LogP contribution in [0.25, 0.3) is 0 Å². The van der Waals surface area contributed by atoms with E-state index in [0.29, 0.717) is 18.0 Å². The fourth-order valence-electron chi connectivity index (χ4n) is 2.21. The largest absolute Gasteiger partial charge is 0.487 e. The van der Waals surface area contributed by atoms with Crippen LogP contribution in [-0.4, -0.2) is 48.6 Å². The zero-order valence-electron chi connectivity index (χ0n) is 15.2. The molecule has 1 aromatic heterocycles. The lowest BCUT2D eigenvalue weighted by Gasteiger charge is -2.17. The van der Waals surface area contributed by atoms with Crippen LogP contribution in [0.2, 0.25) is 0 Å². The molecule has 0 spiro atoms. The summed E-state index contributed by atoms with van der Waals surface area (Å²) in [5.74, 6) is 0.618. The molecule has 2 rings (SSSR count). The van der Waals surface area contributed by atoms with Crippen molar-refractivity contribution in [3.8, 4) is 5.75 Å². The number of urea groups is 1. The summed E-state index contributed by atoms with van der Waals surface area (Å²) in [6.07, 6.45) is 3.30. The van der Waals surface area contributed by atoms with Crippen LogP contribution < -0.4 is 15.4 Å². The standard InChI is InChI=1S/C19H24N4O3/c1-14(26-16-8-6-10-20-13-16)12-21-19(25)22-17-9-5-4-7-15(17)11-18(24)23(2)3/h4-10,13-14H,11-12H2,1-3H3,(H2,21,22,25)/t14-/m1/s1. The molecule has 2 aromatic rings. The van der Waals surface area contributed by atoms with Crippen LogP contribution >= 0.6 is 0 Å². The number of benzene rings is 1. The molecule has 2 N–H and O–H groups in total. The minimum atomic E-state index is -0.351. The second kappa shape index (κ2) is 9.41. The van der Waals surface area contributed by atoms with Crippen molar-refractivity contribution in [3.63, 3.8) is 0 Å². The quantitative estimate of drug-likeness (QED) is 0.797. The first-order valence-electron chi connectivity index (χ1n) is 8.35. The first-order valence-corrected chi connectivity index (χ1v) is 8.35. The average molecular weight is 356 g/mol. The van der Waals surface area contributed by atoms with Gasteiger partial charge < -0.3 is 20.3 Å². The van der Waals surface area contributed by atoms with Crippen molar-refractivity contribution in [2.75, 3.05) is 26.0 Å². The molecule has 0 fully saturated rings. The SMILES string of the molecule is C[C@H](CNC(=O)Nc1ccccc1CC(=O)N(C)C)Oc1cccnc1. The highest BCUT2D eigenvalue weighted by Crippen LogP contribution is 2.16. The third-order valence-corrected chi connectivity index (χ3v) is 3.63. The number of hydrogen-bond acceptors (Lipinski definition) is 4. The Morgan fingerprint density at radius 2 is 1.96 bits per heavy atom. The van der Waals surface area contributed by atoms with Crippen LogP contribution in [0.5, 0.6) is 5.75 Å². The van der Waals surface area contributed by atoms with Crippen LogP contribution in [0.3, 0.4) is 0 Å². The van der Waals surface area contributed by atoms with Gasteiger partial charge in [-0.3, -0.25) is 9.78 Å². The van der Waals surface area contributed by atoms with E-state index in [0.717, 1.165) is 5.56 Å². The molecule has 7 nitrogen and oxygen atoms in total. The third kappa shape index (κ3) is 6.08. The lowest BCUT2D eigenvalue weighted by molar-refractivity contribution is -0.127. The van der Waals surface area contributed by atoms with Gasteiger partial charge in [-0.2, -0.15) is 0 Å². The molecule has 0 aliphatic heterocycles. The van der Waals surface area contributed by atoms with Gasteiger partial charge in [0.2, 0.25) is 5.91 Å². The molecule has 138 valence electrons. The maximum atomic E-state index is 12.2. The molecule has 0 aliphatic rings. The summed E-state index contributed by atoms with van der Waals surface area (Å²) in [4.78, 5) is 29.6. The van der Waals surface area contributed by atoms with Gasteiger partial charge in [-0.25, -0.2) is 4.79 Å². The van der Waals surface area contributed by atoms with Gasteiger partial charge in [0.1, 0.15) is 11.9 Å². The predicted octanol–water partition coefficient (Wildman–Crippen LogP) is 2.30. The average Bonchev–Trinajstić information content (AvgIpc) is 2.62. The topological polar surface area (TPSA) is 83.6 Å².